The summed E-state index contributed by atoms with van der Waals surface area (Å²) in [5.41, 5.74) is -0.0345. The summed E-state index contributed by atoms with van der Waals surface area (Å²) >= 11 is 0. The number of carbonyl (C=O) groups is 1. The van der Waals surface area contributed by atoms with Crippen LogP contribution in [-0.4, -0.2) is 48.3 Å². The van der Waals surface area contributed by atoms with Crippen LogP contribution >= 0.6 is 0 Å². The number of piperidine rings is 1. The first-order chi connectivity index (χ1) is 10.5. The Labute approximate surface area is 128 Å². The Morgan fingerprint density at radius 1 is 1.32 bits per heavy atom. The molecule has 6 heteroatoms. The van der Waals surface area contributed by atoms with Gasteiger partial charge in [0, 0.05) is 26.3 Å². The van der Waals surface area contributed by atoms with Crippen LogP contribution in [-0.2, 0) is 4.74 Å². The van der Waals surface area contributed by atoms with E-state index in [-0.39, 0.29) is 23.8 Å². The molecule has 2 rings (SSSR count). The molecule has 0 unspecified atom stereocenters. The van der Waals surface area contributed by atoms with Crippen molar-refractivity contribution in [3.8, 4) is 0 Å². The van der Waals surface area contributed by atoms with Crippen LogP contribution in [0, 0.1) is 18.6 Å². The van der Waals surface area contributed by atoms with Crippen LogP contribution < -0.4 is 0 Å². The molecular formula is C16H21F2NO3. The Morgan fingerprint density at radius 3 is 2.64 bits per heavy atom. The van der Waals surface area contributed by atoms with Gasteiger partial charge < -0.3 is 14.7 Å². The van der Waals surface area contributed by atoms with Crippen molar-refractivity contribution in [3.63, 3.8) is 0 Å². The van der Waals surface area contributed by atoms with Crippen molar-refractivity contribution in [2.75, 3.05) is 26.3 Å². The second-order valence-electron chi connectivity index (χ2n) is 5.52. The van der Waals surface area contributed by atoms with Gasteiger partial charge >= 0.3 is 0 Å². The van der Waals surface area contributed by atoms with Crippen molar-refractivity contribution >= 4 is 5.91 Å². The third-order valence-electron chi connectivity index (χ3n) is 3.86. The van der Waals surface area contributed by atoms with E-state index in [0.717, 1.165) is 12.1 Å². The van der Waals surface area contributed by atoms with Crippen LogP contribution in [0.1, 0.15) is 35.2 Å². The summed E-state index contributed by atoms with van der Waals surface area (Å²) in [6, 6.07) is 2.02. The van der Waals surface area contributed by atoms with Crippen molar-refractivity contribution in [1.82, 2.24) is 4.90 Å². The summed E-state index contributed by atoms with van der Waals surface area (Å²) in [5, 5.41) is 8.71. The van der Waals surface area contributed by atoms with Crippen molar-refractivity contribution in [1.29, 1.82) is 0 Å². The van der Waals surface area contributed by atoms with Crippen molar-refractivity contribution in [2.24, 2.45) is 0 Å². The maximum absolute atomic E-state index is 13.9. The number of nitrogens with zero attached hydrogens (tertiary/aromatic N) is 1. The van der Waals surface area contributed by atoms with Gasteiger partial charge in [-0.05, 0) is 43.9 Å². The van der Waals surface area contributed by atoms with E-state index in [0.29, 0.717) is 39.0 Å². The van der Waals surface area contributed by atoms with Crippen LogP contribution in [0.15, 0.2) is 12.1 Å². The topological polar surface area (TPSA) is 49.8 Å². The Morgan fingerprint density at radius 2 is 2.00 bits per heavy atom. The number of halogens is 2. The average molecular weight is 313 g/mol. The second kappa shape index (κ2) is 7.65. The molecule has 1 aromatic rings. The standard InChI is InChI=1S/C16H21F2NO3/c1-11-9-15(18)13(10-14(11)17)16(21)19-5-3-12(4-6-19)22-8-2-7-20/h9-10,12,20H,2-8H2,1H3. The molecule has 1 aliphatic rings. The SMILES string of the molecule is Cc1cc(F)c(C(=O)N2CCC(OCCCO)CC2)cc1F. The highest BCUT2D eigenvalue weighted by molar-refractivity contribution is 5.94. The molecule has 0 radical (unpaired) electrons. The Hall–Kier alpha value is -1.53. The largest absolute Gasteiger partial charge is 0.396 e. The number of aliphatic hydroxyl groups excluding tert-OH is 1. The predicted octanol–water partition coefficient (Wildman–Crippen LogP) is 2.28. The van der Waals surface area contributed by atoms with E-state index in [1.54, 1.807) is 0 Å². The van der Waals surface area contributed by atoms with Crippen LogP contribution in [0.4, 0.5) is 8.78 Å². The molecule has 22 heavy (non-hydrogen) atoms. The molecule has 1 heterocycles. The Kier molecular flexibility index (Phi) is 5.85. The third kappa shape index (κ3) is 4.01. The number of ether oxygens (including phenoxy) is 1. The zero-order valence-corrected chi connectivity index (χ0v) is 12.6. The fraction of sp³-hybridized carbons (Fsp3) is 0.562. The summed E-state index contributed by atoms with van der Waals surface area (Å²) in [4.78, 5) is 13.8. The van der Waals surface area contributed by atoms with E-state index >= 15 is 0 Å². The molecule has 122 valence electrons. The van der Waals surface area contributed by atoms with E-state index in [2.05, 4.69) is 0 Å². The summed E-state index contributed by atoms with van der Waals surface area (Å²) < 4.78 is 33.0. The molecule has 1 saturated heterocycles. The molecule has 1 fully saturated rings. The second-order valence-corrected chi connectivity index (χ2v) is 5.52. The molecule has 0 aliphatic carbocycles. The number of carbonyl (C=O) groups excluding carboxylic acids is 1. The van der Waals surface area contributed by atoms with Gasteiger partial charge in [-0.3, -0.25) is 4.79 Å². The van der Waals surface area contributed by atoms with Gasteiger partial charge in [0.2, 0.25) is 0 Å². The summed E-state index contributed by atoms with van der Waals surface area (Å²) in [6.07, 6.45) is 1.96. The first-order valence-corrected chi connectivity index (χ1v) is 7.50. The van der Waals surface area contributed by atoms with Crippen molar-refractivity contribution < 1.29 is 23.4 Å². The van der Waals surface area contributed by atoms with Gasteiger partial charge in [-0.1, -0.05) is 0 Å². The molecule has 1 aliphatic heterocycles. The van der Waals surface area contributed by atoms with Crippen molar-refractivity contribution in [2.45, 2.75) is 32.3 Å². The number of rotatable bonds is 5. The third-order valence-corrected chi connectivity index (χ3v) is 3.86. The zero-order chi connectivity index (χ0) is 16.1. The highest BCUT2D eigenvalue weighted by Crippen LogP contribution is 2.20. The minimum atomic E-state index is -0.690. The van der Waals surface area contributed by atoms with Gasteiger partial charge in [0.1, 0.15) is 11.6 Å². The van der Waals surface area contributed by atoms with Crippen LogP contribution in [0.2, 0.25) is 0 Å². The van der Waals surface area contributed by atoms with Gasteiger partial charge in [-0.25, -0.2) is 8.78 Å². The molecule has 0 atom stereocenters. The summed E-state index contributed by atoms with van der Waals surface area (Å²) in [5.74, 6) is -1.75. The minimum absolute atomic E-state index is 0.0511. The van der Waals surface area contributed by atoms with Crippen LogP contribution in [0.5, 0.6) is 0 Å². The number of aliphatic hydroxyl groups is 1. The fourth-order valence-corrected chi connectivity index (χ4v) is 2.52. The minimum Gasteiger partial charge on any atom is -0.396 e. The Balaban J connectivity index is 1.94. The monoisotopic (exact) mass is 313 g/mol. The number of hydrogen-bond acceptors (Lipinski definition) is 3. The molecule has 1 N–H and O–H groups in total. The van der Waals surface area contributed by atoms with Gasteiger partial charge in [0.25, 0.3) is 5.91 Å². The predicted molar refractivity (Wildman–Crippen MR) is 77.7 cm³/mol. The lowest BCUT2D eigenvalue weighted by Crippen LogP contribution is -2.41. The molecule has 0 saturated carbocycles. The normalized spacial score (nSPS) is 16.1. The lowest BCUT2D eigenvalue weighted by atomic mass is 10.0. The van der Waals surface area contributed by atoms with Crippen LogP contribution in [0.3, 0.4) is 0 Å². The fourth-order valence-electron chi connectivity index (χ4n) is 2.52. The highest BCUT2D eigenvalue weighted by atomic mass is 19.1. The molecule has 1 aromatic carbocycles. The van der Waals surface area contributed by atoms with Gasteiger partial charge in [-0.15, -0.1) is 0 Å². The molecular weight excluding hydrogens is 292 g/mol. The van der Waals surface area contributed by atoms with E-state index in [1.807, 2.05) is 0 Å². The molecule has 4 nitrogen and oxygen atoms in total. The number of hydrogen-bond donors (Lipinski definition) is 1. The first-order valence-electron chi connectivity index (χ1n) is 7.50. The zero-order valence-electron chi connectivity index (χ0n) is 12.6. The van der Waals surface area contributed by atoms with Crippen molar-refractivity contribution in [3.05, 3.63) is 34.9 Å². The summed E-state index contributed by atoms with van der Waals surface area (Å²) in [7, 11) is 0. The maximum atomic E-state index is 13.9. The lowest BCUT2D eigenvalue weighted by molar-refractivity contribution is 0.00387. The van der Waals surface area contributed by atoms with E-state index < -0.39 is 17.5 Å². The molecule has 0 spiro atoms. The smallest absolute Gasteiger partial charge is 0.256 e. The number of aryl methyl sites for hydroxylation is 1. The molecule has 1 amide bonds. The lowest BCUT2D eigenvalue weighted by Gasteiger charge is -2.32. The van der Waals surface area contributed by atoms with E-state index in [4.69, 9.17) is 9.84 Å². The van der Waals surface area contributed by atoms with Gasteiger partial charge in [0.05, 0.1) is 11.7 Å². The van der Waals surface area contributed by atoms with E-state index in [1.165, 1.54) is 11.8 Å². The Bertz CT molecular complexity index is 528. The number of benzene rings is 1. The van der Waals surface area contributed by atoms with Gasteiger partial charge in [0.15, 0.2) is 0 Å². The summed E-state index contributed by atoms with van der Waals surface area (Å²) in [6.45, 7) is 2.96. The van der Waals surface area contributed by atoms with Gasteiger partial charge in [-0.2, -0.15) is 0 Å². The quantitative estimate of drug-likeness (QED) is 0.849. The average Bonchev–Trinajstić information content (AvgIpc) is 2.51. The van der Waals surface area contributed by atoms with E-state index in [9.17, 15) is 13.6 Å². The highest BCUT2D eigenvalue weighted by Gasteiger charge is 2.26. The van der Waals surface area contributed by atoms with Crippen LogP contribution in [0.25, 0.3) is 0 Å². The molecule has 0 aromatic heterocycles. The molecule has 0 bridgehead atoms. The number of amides is 1. The first kappa shape index (κ1) is 16.8. The maximum Gasteiger partial charge on any atom is 0.256 e. The number of likely N-dealkylation sites (tertiary alicyclic amines) is 1.